The van der Waals surface area contributed by atoms with Gasteiger partial charge in [-0.15, -0.1) is 5.01 Å². The van der Waals surface area contributed by atoms with Gasteiger partial charge in [-0.3, -0.25) is 5.32 Å². The largest absolute Gasteiger partial charge is 0.376 e. The Bertz CT molecular complexity index is 747. The zero-order chi connectivity index (χ0) is 20.2. The maximum absolute atomic E-state index is 6.30. The van der Waals surface area contributed by atoms with E-state index in [0.29, 0.717) is 5.41 Å². The van der Waals surface area contributed by atoms with Gasteiger partial charge in [-0.25, -0.2) is 5.43 Å². The maximum Gasteiger partial charge on any atom is 0.146 e. The molecule has 3 N–H and O–H groups in total. The average molecular weight is 432 g/mol. The minimum atomic E-state index is -0.0133. The van der Waals surface area contributed by atoms with Crippen LogP contribution in [0.4, 0.5) is 5.69 Å². The molecule has 2 aliphatic heterocycles. The van der Waals surface area contributed by atoms with E-state index in [2.05, 4.69) is 21.8 Å². The SMILES string of the molecule is Clc1cccc(N[NH+](CCC23CC4CC(CC(C4)C2)C3)N2CCOCC23CCN3)c1. The minimum absolute atomic E-state index is 0.0133. The Balaban J connectivity index is 1.22. The molecule has 1 spiro atoms. The summed E-state index contributed by atoms with van der Waals surface area (Å²) >= 11 is 6.30. The number of rotatable bonds is 6. The van der Waals surface area contributed by atoms with Gasteiger partial charge in [-0.05, 0) is 86.3 Å². The molecule has 0 aromatic heterocycles. The monoisotopic (exact) mass is 431 g/mol. The molecule has 7 rings (SSSR count). The van der Waals surface area contributed by atoms with E-state index in [9.17, 15) is 0 Å². The van der Waals surface area contributed by atoms with Crippen molar-refractivity contribution in [1.82, 2.24) is 10.3 Å². The second kappa shape index (κ2) is 7.63. The van der Waals surface area contributed by atoms with Gasteiger partial charge in [0.2, 0.25) is 0 Å². The third-order valence-corrected chi connectivity index (χ3v) is 9.04. The van der Waals surface area contributed by atoms with Crippen LogP contribution in [-0.2, 0) is 4.74 Å². The Hall–Kier alpha value is -0.850. The molecule has 4 bridgehead atoms. The number of morpholine rings is 1. The lowest BCUT2D eigenvalue weighted by atomic mass is 9.49. The molecule has 0 amide bonds. The van der Waals surface area contributed by atoms with Crippen LogP contribution < -0.4 is 15.9 Å². The second-order valence-corrected chi connectivity index (χ2v) is 11.3. The van der Waals surface area contributed by atoms with Crippen LogP contribution in [0, 0.1) is 23.2 Å². The molecule has 2 unspecified atom stereocenters. The van der Waals surface area contributed by atoms with Gasteiger partial charge in [-0.1, -0.05) is 17.7 Å². The number of halogens is 1. The lowest BCUT2D eigenvalue weighted by molar-refractivity contribution is -1.01. The van der Waals surface area contributed by atoms with Gasteiger partial charge in [0.15, 0.2) is 0 Å². The molecule has 2 atom stereocenters. The fourth-order valence-electron chi connectivity index (χ4n) is 7.83. The van der Waals surface area contributed by atoms with E-state index in [1.807, 2.05) is 18.2 Å². The Morgan fingerprint density at radius 1 is 1.17 bits per heavy atom. The molecule has 30 heavy (non-hydrogen) atoms. The van der Waals surface area contributed by atoms with Gasteiger partial charge in [0.25, 0.3) is 0 Å². The number of nitrogens with one attached hydrogen (secondary N) is 3. The van der Waals surface area contributed by atoms with E-state index in [0.717, 1.165) is 67.7 Å². The summed E-state index contributed by atoms with van der Waals surface area (Å²) in [5, 5.41) is 8.45. The van der Waals surface area contributed by atoms with E-state index in [-0.39, 0.29) is 5.66 Å². The van der Waals surface area contributed by atoms with Gasteiger partial charge < -0.3 is 4.74 Å². The first-order valence-corrected chi connectivity index (χ1v) is 12.5. The average Bonchev–Trinajstić information content (AvgIpc) is 2.69. The topological polar surface area (TPSA) is 41.0 Å². The smallest absolute Gasteiger partial charge is 0.146 e. The second-order valence-electron chi connectivity index (χ2n) is 10.9. The number of ether oxygens (including phenoxy) is 1. The molecule has 4 aliphatic carbocycles. The van der Waals surface area contributed by atoms with Crippen molar-refractivity contribution >= 4 is 17.3 Å². The highest BCUT2D eigenvalue weighted by Gasteiger charge is 2.53. The van der Waals surface area contributed by atoms with Crippen molar-refractivity contribution in [3.8, 4) is 0 Å². The van der Waals surface area contributed by atoms with Crippen molar-refractivity contribution in [2.24, 2.45) is 23.2 Å². The van der Waals surface area contributed by atoms with Crippen LogP contribution in [0.1, 0.15) is 51.4 Å². The van der Waals surface area contributed by atoms with Crippen molar-refractivity contribution in [1.29, 1.82) is 0 Å². The van der Waals surface area contributed by atoms with Gasteiger partial charge in [0.1, 0.15) is 12.2 Å². The number of nitrogens with zero attached hydrogens (tertiary/aromatic N) is 1. The first-order valence-electron chi connectivity index (χ1n) is 12.1. The third kappa shape index (κ3) is 3.57. The zero-order valence-electron chi connectivity index (χ0n) is 18.0. The van der Waals surface area contributed by atoms with E-state index in [1.54, 1.807) is 0 Å². The molecule has 6 heteroatoms. The molecule has 6 fully saturated rings. The van der Waals surface area contributed by atoms with Crippen molar-refractivity contribution in [2.45, 2.75) is 57.0 Å². The Labute approximate surface area is 185 Å². The minimum Gasteiger partial charge on any atom is -0.376 e. The molecular weight excluding hydrogens is 396 g/mol. The van der Waals surface area contributed by atoms with Crippen molar-refractivity contribution in [2.75, 3.05) is 38.3 Å². The number of anilines is 1. The summed E-state index contributed by atoms with van der Waals surface area (Å²) < 4.78 is 5.89. The van der Waals surface area contributed by atoms with Crippen LogP contribution in [0.3, 0.4) is 0 Å². The summed E-state index contributed by atoms with van der Waals surface area (Å²) in [5.41, 5.74) is 5.50. The van der Waals surface area contributed by atoms with Gasteiger partial charge in [-0.2, -0.15) is 5.12 Å². The fraction of sp³-hybridized carbons (Fsp3) is 0.750. The summed E-state index contributed by atoms with van der Waals surface area (Å²) in [4.78, 5) is 0. The van der Waals surface area contributed by atoms with Crippen LogP contribution in [-0.4, -0.2) is 43.5 Å². The van der Waals surface area contributed by atoms with Crippen molar-refractivity contribution < 1.29 is 9.85 Å². The van der Waals surface area contributed by atoms with Crippen LogP contribution >= 0.6 is 11.6 Å². The Morgan fingerprint density at radius 2 is 1.90 bits per heavy atom. The maximum atomic E-state index is 6.30. The predicted octanol–water partition coefficient (Wildman–Crippen LogP) is 3.10. The van der Waals surface area contributed by atoms with Crippen LogP contribution in [0.15, 0.2) is 24.3 Å². The van der Waals surface area contributed by atoms with Gasteiger partial charge in [0.05, 0.1) is 25.4 Å². The molecular formula is C24H36ClN4O+. The molecule has 6 aliphatic rings. The van der Waals surface area contributed by atoms with Crippen molar-refractivity contribution in [3.05, 3.63) is 29.3 Å². The highest BCUT2D eigenvalue weighted by molar-refractivity contribution is 6.30. The van der Waals surface area contributed by atoms with Crippen LogP contribution in [0.2, 0.25) is 5.02 Å². The van der Waals surface area contributed by atoms with Gasteiger partial charge >= 0.3 is 0 Å². The predicted molar refractivity (Wildman–Crippen MR) is 119 cm³/mol. The van der Waals surface area contributed by atoms with Crippen LogP contribution in [0.25, 0.3) is 0 Å². The summed E-state index contributed by atoms with van der Waals surface area (Å²) in [6.45, 7) is 4.75. The van der Waals surface area contributed by atoms with Crippen LogP contribution in [0.5, 0.6) is 0 Å². The molecule has 0 radical (unpaired) electrons. The van der Waals surface area contributed by atoms with E-state index < -0.39 is 0 Å². The standard InChI is InChI=1S/C24H35ClN4O/c25-21-2-1-3-22(13-21)27-29(28-8-9-30-17-24(28)4-6-26-24)7-5-23-14-18-10-19(15-23)12-20(11-18)16-23/h1-3,13,18-20,26-27H,4-12,14-17H2/p+1. The summed E-state index contributed by atoms with van der Waals surface area (Å²) in [6, 6.07) is 8.18. The molecule has 2 heterocycles. The number of hydrogen-bond acceptors (Lipinski definition) is 4. The number of benzene rings is 1. The van der Waals surface area contributed by atoms with E-state index >= 15 is 0 Å². The normalized spacial score (nSPS) is 41.0. The third-order valence-electron chi connectivity index (χ3n) is 8.81. The Morgan fingerprint density at radius 3 is 2.53 bits per heavy atom. The first-order chi connectivity index (χ1) is 14.6. The number of hydrogen-bond donors (Lipinski definition) is 3. The lowest BCUT2D eigenvalue weighted by Crippen LogP contribution is -3.24. The fourth-order valence-corrected chi connectivity index (χ4v) is 8.02. The molecule has 4 saturated carbocycles. The van der Waals surface area contributed by atoms with E-state index in [4.69, 9.17) is 16.3 Å². The molecule has 1 aromatic rings. The number of quaternary nitrogens is 1. The molecule has 2 saturated heterocycles. The van der Waals surface area contributed by atoms with E-state index in [1.165, 1.54) is 50.1 Å². The summed E-state index contributed by atoms with van der Waals surface area (Å²) in [6.07, 6.45) is 11.5. The quantitative estimate of drug-likeness (QED) is 0.605. The Kier molecular flexibility index (Phi) is 5.04. The van der Waals surface area contributed by atoms with Gasteiger partial charge in [0, 0.05) is 18.0 Å². The highest BCUT2D eigenvalue weighted by atomic mass is 35.5. The zero-order valence-corrected chi connectivity index (χ0v) is 18.7. The molecule has 164 valence electrons. The summed E-state index contributed by atoms with van der Waals surface area (Å²) in [5.74, 6) is 3.05. The molecule has 1 aromatic carbocycles. The first kappa shape index (κ1) is 19.8. The van der Waals surface area contributed by atoms with Crippen molar-refractivity contribution in [3.63, 3.8) is 0 Å². The lowest BCUT2D eigenvalue weighted by Gasteiger charge is -2.57. The summed E-state index contributed by atoms with van der Waals surface area (Å²) in [7, 11) is 0. The highest BCUT2D eigenvalue weighted by Crippen LogP contribution is 2.61. The molecule has 5 nitrogen and oxygen atoms in total.